The summed E-state index contributed by atoms with van der Waals surface area (Å²) >= 11 is 0. The molecule has 0 bridgehead atoms. The van der Waals surface area contributed by atoms with Gasteiger partial charge in [-0.05, 0) is 42.5 Å². The van der Waals surface area contributed by atoms with Crippen LogP contribution in [0.2, 0.25) is 0 Å². The maximum Gasteiger partial charge on any atom is -0.0251 e. The Labute approximate surface area is 99.0 Å². The summed E-state index contributed by atoms with van der Waals surface area (Å²) in [5.74, 6) is 0. The molecule has 0 saturated carbocycles. The largest absolute Gasteiger partial charge is 0.0991 e. The van der Waals surface area contributed by atoms with E-state index in [1.54, 1.807) is 0 Å². The number of allylic oxidation sites excluding steroid dienone is 4. The summed E-state index contributed by atoms with van der Waals surface area (Å²) in [6.45, 7) is 10.1. The minimum absolute atomic E-state index is 1.04. The highest BCUT2D eigenvalue weighted by Crippen LogP contribution is 2.15. The zero-order valence-corrected chi connectivity index (χ0v) is 10.5. The number of rotatable bonds is 4. The van der Waals surface area contributed by atoms with Crippen molar-refractivity contribution in [2.45, 2.75) is 27.2 Å². The molecule has 0 amide bonds. The number of hydrogen-bond acceptors (Lipinski definition) is 0. The Balaban J connectivity index is 2.99. The van der Waals surface area contributed by atoms with Crippen molar-refractivity contribution in [3.8, 4) is 0 Å². The molecule has 1 aromatic carbocycles. The van der Waals surface area contributed by atoms with Crippen molar-refractivity contribution in [2.24, 2.45) is 0 Å². The normalized spacial score (nSPS) is 12.1. The molecule has 84 valence electrons. The average molecular weight is 212 g/mol. The Kier molecular flexibility index (Phi) is 4.78. The second-order valence-corrected chi connectivity index (χ2v) is 4.01. The van der Waals surface area contributed by atoms with Gasteiger partial charge in [-0.3, -0.25) is 0 Å². The maximum atomic E-state index is 3.69. The Morgan fingerprint density at radius 2 is 2.00 bits per heavy atom. The van der Waals surface area contributed by atoms with Crippen LogP contribution < -0.4 is 0 Å². The first-order valence-corrected chi connectivity index (χ1v) is 5.74. The number of benzene rings is 1. The first-order valence-electron chi connectivity index (χ1n) is 5.74. The lowest BCUT2D eigenvalue weighted by Crippen LogP contribution is -1.83. The molecule has 0 nitrogen and oxygen atoms in total. The van der Waals surface area contributed by atoms with Crippen molar-refractivity contribution in [1.29, 1.82) is 0 Å². The Morgan fingerprint density at radius 1 is 1.25 bits per heavy atom. The molecule has 0 N–H and O–H groups in total. The molecule has 0 heterocycles. The molecule has 0 spiro atoms. The van der Waals surface area contributed by atoms with E-state index in [4.69, 9.17) is 0 Å². The third-order valence-corrected chi connectivity index (χ3v) is 2.74. The lowest BCUT2D eigenvalue weighted by molar-refractivity contribution is 1.16. The van der Waals surface area contributed by atoms with Crippen molar-refractivity contribution < 1.29 is 0 Å². The van der Waals surface area contributed by atoms with E-state index >= 15 is 0 Å². The minimum Gasteiger partial charge on any atom is -0.0991 e. The molecule has 0 radical (unpaired) electrons. The van der Waals surface area contributed by atoms with Gasteiger partial charge in [0.2, 0.25) is 0 Å². The summed E-state index contributed by atoms with van der Waals surface area (Å²) < 4.78 is 0. The Hall–Kier alpha value is -1.56. The molecule has 16 heavy (non-hydrogen) atoms. The highest BCUT2D eigenvalue weighted by Gasteiger charge is 1.95. The van der Waals surface area contributed by atoms with Crippen LogP contribution in [0.1, 0.15) is 30.0 Å². The van der Waals surface area contributed by atoms with Crippen LogP contribution in [0.4, 0.5) is 0 Å². The zero-order valence-electron chi connectivity index (χ0n) is 10.5. The molecule has 0 unspecified atom stereocenters. The molecular weight excluding hydrogens is 192 g/mol. The second-order valence-electron chi connectivity index (χ2n) is 4.01. The van der Waals surface area contributed by atoms with Crippen LogP contribution in [0.15, 0.2) is 48.6 Å². The summed E-state index contributed by atoms with van der Waals surface area (Å²) in [6, 6.07) is 6.57. The van der Waals surface area contributed by atoms with Crippen molar-refractivity contribution in [1.82, 2.24) is 0 Å². The van der Waals surface area contributed by atoms with E-state index in [9.17, 15) is 0 Å². The van der Waals surface area contributed by atoms with Crippen LogP contribution in [0.5, 0.6) is 0 Å². The van der Waals surface area contributed by atoms with Crippen LogP contribution in [0.25, 0.3) is 6.08 Å². The summed E-state index contributed by atoms with van der Waals surface area (Å²) in [5.41, 5.74) is 5.28. The van der Waals surface area contributed by atoms with Crippen LogP contribution >= 0.6 is 0 Å². The third kappa shape index (κ3) is 3.54. The molecule has 0 heteroatoms. The SMILES string of the molecule is C=C/C=C\C(=C\c1ccc(C)c(C)c1)CC. The lowest BCUT2D eigenvalue weighted by Gasteiger charge is -2.03. The smallest absolute Gasteiger partial charge is 0.0251 e. The number of aryl methyl sites for hydroxylation is 2. The van der Waals surface area contributed by atoms with Crippen LogP contribution in [-0.4, -0.2) is 0 Å². The second kappa shape index (κ2) is 6.12. The van der Waals surface area contributed by atoms with E-state index in [2.05, 4.69) is 57.7 Å². The third-order valence-electron chi connectivity index (χ3n) is 2.74. The van der Waals surface area contributed by atoms with E-state index in [0.717, 1.165) is 6.42 Å². The summed E-state index contributed by atoms with van der Waals surface area (Å²) in [4.78, 5) is 0. The van der Waals surface area contributed by atoms with Gasteiger partial charge in [0.15, 0.2) is 0 Å². The van der Waals surface area contributed by atoms with Crippen molar-refractivity contribution in [3.05, 3.63) is 65.3 Å². The van der Waals surface area contributed by atoms with Gasteiger partial charge in [-0.1, -0.05) is 56.0 Å². The van der Waals surface area contributed by atoms with E-state index < -0.39 is 0 Å². The van der Waals surface area contributed by atoms with Gasteiger partial charge in [0.1, 0.15) is 0 Å². The summed E-state index contributed by atoms with van der Waals surface area (Å²) in [5, 5.41) is 0. The lowest BCUT2D eigenvalue weighted by atomic mass is 10.0. The fourth-order valence-electron chi connectivity index (χ4n) is 1.53. The highest BCUT2D eigenvalue weighted by atomic mass is 14.0. The Morgan fingerprint density at radius 3 is 2.56 bits per heavy atom. The van der Waals surface area contributed by atoms with Gasteiger partial charge in [0.25, 0.3) is 0 Å². The average Bonchev–Trinajstić information content (AvgIpc) is 2.29. The van der Waals surface area contributed by atoms with Gasteiger partial charge in [-0.25, -0.2) is 0 Å². The van der Waals surface area contributed by atoms with E-state index in [1.165, 1.54) is 22.3 Å². The van der Waals surface area contributed by atoms with Crippen LogP contribution in [-0.2, 0) is 0 Å². The van der Waals surface area contributed by atoms with Gasteiger partial charge in [-0.15, -0.1) is 0 Å². The van der Waals surface area contributed by atoms with Crippen molar-refractivity contribution >= 4 is 6.08 Å². The fourth-order valence-corrected chi connectivity index (χ4v) is 1.53. The molecule has 1 rings (SSSR count). The first-order chi connectivity index (χ1) is 7.67. The standard InChI is InChI=1S/C16H20/c1-5-7-8-15(6-2)12-16-10-9-13(3)14(4)11-16/h5,7-12H,1,6H2,2-4H3/b8-7-,15-12+. The molecule has 0 fully saturated rings. The maximum absolute atomic E-state index is 3.69. The van der Waals surface area contributed by atoms with Gasteiger partial charge in [0.05, 0.1) is 0 Å². The van der Waals surface area contributed by atoms with Crippen molar-refractivity contribution in [2.75, 3.05) is 0 Å². The predicted molar refractivity (Wildman–Crippen MR) is 73.5 cm³/mol. The predicted octanol–water partition coefficient (Wildman–Crippen LogP) is 4.84. The molecule has 0 saturated heterocycles. The van der Waals surface area contributed by atoms with Gasteiger partial charge in [-0.2, -0.15) is 0 Å². The monoisotopic (exact) mass is 212 g/mol. The fraction of sp³-hybridized carbons (Fsp3) is 0.250. The summed E-state index contributed by atoms with van der Waals surface area (Å²) in [6.07, 6.45) is 9.17. The van der Waals surface area contributed by atoms with Gasteiger partial charge < -0.3 is 0 Å². The molecule has 1 aromatic rings. The molecular formula is C16H20. The van der Waals surface area contributed by atoms with Gasteiger partial charge in [0, 0.05) is 0 Å². The van der Waals surface area contributed by atoms with Crippen LogP contribution in [0, 0.1) is 13.8 Å². The minimum atomic E-state index is 1.04. The summed E-state index contributed by atoms with van der Waals surface area (Å²) in [7, 11) is 0. The number of hydrogen-bond donors (Lipinski definition) is 0. The van der Waals surface area contributed by atoms with Crippen LogP contribution in [0.3, 0.4) is 0 Å². The zero-order chi connectivity index (χ0) is 12.0. The highest BCUT2D eigenvalue weighted by molar-refractivity contribution is 5.57. The molecule has 0 aromatic heterocycles. The van der Waals surface area contributed by atoms with E-state index in [0.29, 0.717) is 0 Å². The van der Waals surface area contributed by atoms with Crippen molar-refractivity contribution in [3.63, 3.8) is 0 Å². The molecule has 0 aliphatic heterocycles. The first kappa shape index (κ1) is 12.5. The quantitative estimate of drug-likeness (QED) is 0.626. The topological polar surface area (TPSA) is 0 Å². The van der Waals surface area contributed by atoms with E-state index in [-0.39, 0.29) is 0 Å². The molecule has 0 atom stereocenters. The Bertz CT molecular complexity index is 420. The van der Waals surface area contributed by atoms with Gasteiger partial charge >= 0.3 is 0 Å². The molecule has 0 aliphatic carbocycles. The molecule has 0 aliphatic rings. The van der Waals surface area contributed by atoms with E-state index in [1.807, 2.05) is 12.2 Å².